The summed E-state index contributed by atoms with van der Waals surface area (Å²) in [5, 5.41) is 16.0. The Kier molecular flexibility index (Phi) is 5.46. The van der Waals surface area contributed by atoms with Crippen LogP contribution < -0.4 is 15.1 Å². The molecule has 4 aromatic rings. The van der Waals surface area contributed by atoms with Crippen LogP contribution in [0.5, 0.6) is 11.5 Å². The lowest BCUT2D eigenvalue weighted by molar-refractivity contribution is 0.0623. The summed E-state index contributed by atoms with van der Waals surface area (Å²) in [4.78, 5) is 11.7. The lowest BCUT2D eigenvalue weighted by Crippen LogP contribution is -2.25. The van der Waals surface area contributed by atoms with Gasteiger partial charge >= 0.3 is 5.63 Å². The zero-order chi connectivity index (χ0) is 21.3. The van der Waals surface area contributed by atoms with Crippen molar-refractivity contribution in [3.8, 4) is 11.5 Å². The summed E-state index contributed by atoms with van der Waals surface area (Å²) in [6.07, 6.45) is -0.102. The average molecular weight is 409 g/mol. The number of aryl methyl sites for hydroxylation is 3. The van der Waals surface area contributed by atoms with Crippen molar-refractivity contribution in [1.82, 2.24) is 5.16 Å². The van der Waals surface area contributed by atoms with Crippen LogP contribution in [0.2, 0.25) is 0 Å². The Morgan fingerprint density at radius 1 is 1.03 bits per heavy atom. The maximum absolute atomic E-state index is 11.7. The van der Waals surface area contributed by atoms with Crippen LogP contribution in [0.25, 0.3) is 21.9 Å². The summed E-state index contributed by atoms with van der Waals surface area (Å²) in [5.41, 5.74) is 3.35. The molecule has 7 nitrogen and oxygen atoms in total. The molecule has 0 saturated heterocycles. The summed E-state index contributed by atoms with van der Waals surface area (Å²) in [6.45, 7) is 5.86. The van der Waals surface area contributed by atoms with Crippen LogP contribution in [0.3, 0.4) is 0 Å². The summed E-state index contributed by atoms with van der Waals surface area (Å²) in [5.74, 6) is 1.16. The molecule has 30 heavy (non-hydrogen) atoms. The smallest absolute Gasteiger partial charge is 0.336 e. The molecule has 0 amide bonds. The molecule has 0 fully saturated rings. The topological polar surface area (TPSA) is 94.9 Å². The Hall–Kier alpha value is -3.32. The van der Waals surface area contributed by atoms with Gasteiger partial charge in [0, 0.05) is 29.0 Å². The predicted molar refractivity (Wildman–Crippen MR) is 112 cm³/mol. The third kappa shape index (κ3) is 4.02. The van der Waals surface area contributed by atoms with Gasteiger partial charge in [-0.25, -0.2) is 4.79 Å². The molecule has 1 unspecified atom stereocenters. The van der Waals surface area contributed by atoms with E-state index in [1.807, 2.05) is 39.0 Å². The minimum absolute atomic E-state index is 0.0399. The summed E-state index contributed by atoms with van der Waals surface area (Å²) in [7, 11) is 0. The molecule has 156 valence electrons. The number of aromatic nitrogens is 1. The fourth-order valence-electron chi connectivity index (χ4n) is 3.36. The highest BCUT2D eigenvalue weighted by atomic mass is 16.5. The van der Waals surface area contributed by atoms with E-state index in [9.17, 15) is 9.90 Å². The molecule has 0 radical (unpaired) electrons. The van der Waals surface area contributed by atoms with Crippen LogP contribution in [-0.2, 0) is 6.42 Å². The van der Waals surface area contributed by atoms with Crippen molar-refractivity contribution in [2.24, 2.45) is 0 Å². The molecule has 7 heteroatoms. The Bertz CT molecular complexity index is 1260. The molecule has 2 aromatic heterocycles. The Balaban J connectivity index is 1.42. The summed E-state index contributed by atoms with van der Waals surface area (Å²) < 4.78 is 22.0. The Morgan fingerprint density at radius 2 is 1.83 bits per heavy atom. The van der Waals surface area contributed by atoms with E-state index in [1.165, 1.54) is 6.07 Å². The zero-order valence-electron chi connectivity index (χ0n) is 17.1. The average Bonchev–Trinajstić information content (AvgIpc) is 3.10. The third-order valence-corrected chi connectivity index (χ3v) is 5.01. The number of ether oxygens (including phenoxy) is 2. The van der Waals surface area contributed by atoms with Crippen LogP contribution in [0.15, 0.2) is 50.1 Å². The highest BCUT2D eigenvalue weighted by Gasteiger charge is 2.13. The van der Waals surface area contributed by atoms with Crippen LogP contribution >= 0.6 is 0 Å². The first-order valence-electron chi connectivity index (χ1n) is 9.81. The van der Waals surface area contributed by atoms with Crippen molar-refractivity contribution >= 4 is 21.9 Å². The first kappa shape index (κ1) is 20.0. The highest BCUT2D eigenvalue weighted by molar-refractivity contribution is 5.82. The lowest BCUT2D eigenvalue weighted by atomic mass is 10.1. The second kappa shape index (κ2) is 8.20. The van der Waals surface area contributed by atoms with Crippen molar-refractivity contribution in [3.05, 3.63) is 63.6 Å². The van der Waals surface area contributed by atoms with Crippen LogP contribution in [0.1, 0.15) is 23.7 Å². The van der Waals surface area contributed by atoms with Gasteiger partial charge in [0.15, 0.2) is 5.58 Å². The van der Waals surface area contributed by atoms with Gasteiger partial charge in [-0.15, -0.1) is 0 Å². The number of rotatable bonds is 7. The van der Waals surface area contributed by atoms with Crippen molar-refractivity contribution < 1.29 is 23.5 Å². The number of aliphatic hydroxyl groups excluding tert-OH is 1. The van der Waals surface area contributed by atoms with Gasteiger partial charge < -0.3 is 23.5 Å². The molecule has 4 rings (SSSR count). The van der Waals surface area contributed by atoms with Gasteiger partial charge in [0.2, 0.25) is 0 Å². The first-order chi connectivity index (χ1) is 14.4. The van der Waals surface area contributed by atoms with Crippen molar-refractivity contribution in [2.75, 3.05) is 13.2 Å². The van der Waals surface area contributed by atoms with E-state index in [4.69, 9.17) is 18.4 Å². The van der Waals surface area contributed by atoms with Gasteiger partial charge in [-0.05, 0) is 49.6 Å². The second-order valence-electron chi connectivity index (χ2n) is 7.26. The maximum atomic E-state index is 11.7. The maximum Gasteiger partial charge on any atom is 0.336 e. The van der Waals surface area contributed by atoms with E-state index in [2.05, 4.69) is 5.16 Å². The van der Waals surface area contributed by atoms with E-state index in [0.717, 1.165) is 34.0 Å². The van der Waals surface area contributed by atoms with Gasteiger partial charge in [0.05, 0.1) is 5.69 Å². The molecule has 1 N–H and O–H groups in total. The summed E-state index contributed by atoms with van der Waals surface area (Å²) in [6, 6.07) is 10.6. The number of nitrogens with zero attached hydrogens (tertiary/aromatic N) is 1. The summed E-state index contributed by atoms with van der Waals surface area (Å²) >= 11 is 0. The second-order valence-corrected chi connectivity index (χ2v) is 7.26. The quantitative estimate of drug-likeness (QED) is 0.462. The van der Waals surface area contributed by atoms with Crippen LogP contribution in [0.4, 0.5) is 0 Å². The first-order valence-corrected chi connectivity index (χ1v) is 9.81. The zero-order valence-corrected chi connectivity index (χ0v) is 17.1. The van der Waals surface area contributed by atoms with E-state index < -0.39 is 11.7 Å². The Labute approximate surface area is 172 Å². The lowest BCUT2D eigenvalue weighted by Gasteiger charge is -2.16. The SMILES string of the molecule is CCc1cc2c(C)cc(=O)oc2cc1OCC(O)COc1ccc2c(C)noc2c1. The molecule has 2 aromatic carbocycles. The van der Waals surface area contributed by atoms with Crippen molar-refractivity contribution in [3.63, 3.8) is 0 Å². The van der Waals surface area contributed by atoms with Gasteiger partial charge in [-0.1, -0.05) is 12.1 Å². The molecule has 0 aliphatic carbocycles. The van der Waals surface area contributed by atoms with Gasteiger partial charge in [-0.2, -0.15) is 0 Å². The van der Waals surface area contributed by atoms with E-state index in [0.29, 0.717) is 22.7 Å². The largest absolute Gasteiger partial charge is 0.491 e. The highest BCUT2D eigenvalue weighted by Crippen LogP contribution is 2.28. The van der Waals surface area contributed by atoms with Gasteiger partial charge in [-0.3, -0.25) is 0 Å². The molecule has 0 saturated carbocycles. The monoisotopic (exact) mass is 409 g/mol. The number of hydrogen-bond donors (Lipinski definition) is 1. The number of fused-ring (bicyclic) bond motifs is 2. The standard InChI is InChI=1S/C23H23NO6/c1-4-15-8-19-13(2)7-23(26)29-21(19)10-20(15)28-12-16(25)11-27-17-5-6-18-14(3)24-30-22(18)9-17/h5-10,16,25H,4,11-12H2,1-3H3. The number of hydrogen-bond acceptors (Lipinski definition) is 7. The molecular formula is C23H23NO6. The van der Waals surface area contributed by atoms with Gasteiger partial charge in [0.1, 0.15) is 36.4 Å². The molecule has 0 aliphatic heterocycles. The fourth-order valence-corrected chi connectivity index (χ4v) is 3.36. The molecular weight excluding hydrogens is 386 g/mol. The van der Waals surface area contributed by atoms with E-state index in [1.54, 1.807) is 12.1 Å². The van der Waals surface area contributed by atoms with Crippen molar-refractivity contribution in [2.45, 2.75) is 33.3 Å². The molecule has 0 aliphatic rings. The predicted octanol–water partition coefficient (Wildman–Crippen LogP) is 3.93. The van der Waals surface area contributed by atoms with Crippen LogP contribution in [0, 0.1) is 13.8 Å². The molecule has 1 atom stereocenters. The minimum atomic E-state index is -0.845. The number of aliphatic hydroxyl groups is 1. The molecule has 0 bridgehead atoms. The van der Waals surface area contributed by atoms with E-state index in [-0.39, 0.29) is 13.2 Å². The minimum Gasteiger partial charge on any atom is -0.491 e. The Morgan fingerprint density at radius 3 is 2.63 bits per heavy atom. The molecule has 0 spiro atoms. The van der Waals surface area contributed by atoms with Gasteiger partial charge in [0.25, 0.3) is 0 Å². The third-order valence-electron chi connectivity index (χ3n) is 5.01. The van der Waals surface area contributed by atoms with Crippen LogP contribution in [-0.4, -0.2) is 29.6 Å². The molecule has 2 heterocycles. The fraction of sp³-hybridized carbons (Fsp3) is 0.304. The number of benzene rings is 2. The normalized spacial score (nSPS) is 12.4. The van der Waals surface area contributed by atoms with E-state index >= 15 is 0 Å². The van der Waals surface area contributed by atoms with Crippen molar-refractivity contribution in [1.29, 1.82) is 0 Å².